The lowest BCUT2D eigenvalue weighted by atomic mass is 9.96. The second-order valence-corrected chi connectivity index (χ2v) is 7.23. The molecule has 4 nitrogen and oxygen atoms in total. The number of carboxylic acid groups (broad SMARTS) is 1. The van der Waals surface area contributed by atoms with Crippen molar-refractivity contribution in [1.29, 1.82) is 0 Å². The van der Waals surface area contributed by atoms with E-state index in [0.717, 1.165) is 22.1 Å². The van der Waals surface area contributed by atoms with E-state index in [0.29, 0.717) is 24.5 Å². The zero-order valence-electron chi connectivity index (χ0n) is 16.5. The molecule has 0 radical (unpaired) electrons. The Bertz CT molecular complexity index is 1200. The van der Waals surface area contributed by atoms with Gasteiger partial charge < -0.3 is 15.6 Å². The molecule has 0 amide bonds. The lowest BCUT2D eigenvalue weighted by Crippen LogP contribution is -2.04. The summed E-state index contributed by atoms with van der Waals surface area (Å²) in [6.45, 7) is 0.892. The molecule has 4 aromatic rings. The number of ether oxygens (including phenoxy) is 1. The Morgan fingerprint density at radius 2 is 1.70 bits per heavy atom. The van der Waals surface area contributed by atoms with Crippen LogP contribution in [-0.2, 0) is 24.4 Å². The van der Waals surface area contributed by atoms with Crippen LogP contribution in [0.25, 0.3) is 21.9 Å². The van der Waals surface area contributed by atoms with Gasteiger partial charge in [-0.2, -0.15) is 0 Å². The molecule has 4 rings (SSSR count). The molecule has 0 aliphatic carbocycles. The van der Waals surface area contributed by atoms with E-state index in [9.17, 15) is 4.79 Å². The molecule has 0 saturated carbocycles. The Kier molecular flexibility index (Phi) is 5.77. The fourth-order valence-corrected chi connectivity index (χ4v) is 3.66. The van der Waals surface area contributed by atoms with Crippen molar-refractivity contribution >= 4 is 16.7 Å². The molecule has 0 saturated heterocycles. The molecule has 0 spiro atoms. The molecule has 0 fully saturated rings. The molecule has 0 heterocycles. The van der Waals surface area contributed by atoms with Gasteiger partial charge in [-0.15, -0.1) is 0 Å². The van der Waals surface area contributed by atoms with Crippen LogP contribution in [0.4, 0.5) is 0 Å². The summed E-state index contributed by atoms with van der Waals surface area (Å²) in [5.74, 6) is -0.268. The van der Waals surface area contributed by atoms with Crippen molar-refractivity contribution < 1.29 is 14.6 Å². The first kappa shape index (κ1) is 19.7. The van der Waals surface area contributed by atoms with Crippen LogP contribution < -0.4 is 10.5 Å². The maximum atomic E-state index is 11.1. The maximum Gasteiger partial charge on any atom is 0.307 e. The lowest BCUT2D eigenvalue weighted by molar-refractivity contribution is -0.136. The van der Waals surface area contributed by atoms with Gasteiger partial charge in [0.1, 0.15) is 12.4 Å². The van der Waals surface area contributed by atoms with Crippen LogP contribution in [0.2, 0.25) is 0 Å². The monoisotopic (exact) mass is 397 g/mol. The lowest BCUT2D eigenvalue weighted by Gasteiger charge is -2.12. The highest BCUT2D eigenvalue weighted by Crippen LogP contribution is 2.30. The third kappa shape index (κ3) is 4.34. The van der Waals surface area contributed by atoms with Crippen LogP contribution in [0.15, 0.2) is 84.9 Å². The summed E-state index contributed by atoms with van der Waals surface area (Å²) in [6, 6.07) is 28.1. The topological polar surface area (TPSA) is 72.5 Å². The fraction of sp³-hybridized carbons (Fsp3) is 0.115. The fourth-order valence-electron chi connectivity index (χ4n) is 3.66. The van der Waals surface area contributed by atoms with Crippen LogP contribution >= 0.6 is 0 Å². The van der Waals surface area contributed by atoms with Crippen LogP contribution in [0.3, 0.4) is 0 Å². The standard InChI is InChI=1S/C26H23NO3/c27-16-18-5-3-7-20(13-18)23-9-4-8-21-14-19(11-12-24(21)23)17-30-25-10-2-1-6-22(25)15-26(28)29/h1-14H,15-17,27H2,(H,28,29). The molecule has 0 aliphatic heterocycles. The molecule has 30 heavy (non-hydrogen) atoms. The van der Waals surface area contributed by atoms with Gasteiger partial charge in [0.2, 0.25) is 0 Å². The summed E-state index contributed by atoms with van der Waals surface area (Å²) in [4.78, 5) is 11.1. The minimum absolute atomic E-state index is 0.0564. The number of benzene rings is 4. The number of rotatable bonds is 7. The summed E-state index contributed by atoms with van der Waals surface area (Å²) in [7, 11) is 0. The largest absolute Gasteiger partial charge is 0.489 e. The van der Waals surface area contributed by atoms with Crippen molar-refractivity contribution in [2.24, 2.45) is 5.73 Å². The molecule has 3 N–H and O–H groups in total. The Morgan fingerprint density at radius 1 is 0.867 bits per heavy atom. The van der Waals surface area contributed by atoms with E-state index in [1.165, 1.54) is 10.9 Å². The number of hydrogen-bond donors (Lipinski definition) is 2. The smallest absolute Gasteiger partial charge is 0.307 e. The van der Waals surface area contributed by atoms with E-state index < -0.39 is 5.97 Å². The van der Waals surface area contributed by atoms with Crippen LogP contribution in [0, 0.1) is 0 Å². The quantitative estimate of drug-likeness (QED) is 0.451. The predicted octanol–water partition coefficient (Wildman–Crippen LogP) is 5.17. The Hall–Kier alpha value is -3.63. The van der Waals surface area contributed by atoms with Gasteiger partial charge in [0.25, 0.3) is 0 Å². The first-order valence-electron chi connectivity index (χ1n) is 9.87. The van der Waals surface area contributed by atoms with E-state index >= 15 is 0 Å². The summed E-state index contributed by atoms with van der Waals surface area (Å²) < 4.78 is 5.94. The van der Waals surface area contributed by atoms with E-state index in [1.54, 1.807) is 6.07 Å². The number of para-hydroxylation sites is 1. The van der Waals surface area contributed by atoms with Gasteiger partial charge in [-0.3, -0.25) is 4.79 Å². The third-order valence-corrected chi connectivity index (χ3v) is 5.13. The molecule has 150 valence electrons. The minimum atomic E-state index is -0.872. The SMILES string of the molecule is NCc1cccc(-c2cccc3cc(COc4ccccc4CC(=O)O)ccc23)c1. The van der Waals surface area contributed by atoms with E-state index in [-0.39, 0.29) is 6.42 Å². The predicted molar refractivity (Wildman–Crippen MR) is 119 cm³/mol. The highest BCUT2D eigenvalue weighted by Gasteiger charge is 2.09. The van der Waals surface area contributed by atoms with Crippen LogP contribution in [-0.4, -0.2) is 11.1 Å². The van der Waals surface area contributed by atoms with Gasteiger partial charge in [-0.05, 0) is 51.2 Å². The molecule has 0 aromatic heterocycles. The van der Waals surface area contributed by atoms with Gasteiger partial charge >= 0.3 is 5.97 Å². The van der Waals surface area contributed by atoms with Crippen molar-refractivity contribution in [3.05, 3.63) is 102 Å². The van der Waals surface area contributed by atoms with Crippen molar-refractivity contribution in [1.82, 2.24) is 0 Å². The van der Waals surface area contributed by atoms with Gasteiger partial charge in [0.15, 0.2) is 0 Å². The minimum Gasteiger partial charge on any atom is -0.489 e. The Morgan fingerprint density at radius 3 is 2.53 bits per heavy atom. The molecule has 0 unspecified atom stereocenters. The van der Waals surface area contributed by atoms with Gasteiger partial charge in [0.05, 0.1) is 6.42 Å². The summed E-state index contributed by atoms with van der Waals surface area (Å²) >= 11 is 0. The summed E-state index contributed by atoms with van der Waals surface area (Å²) in [5, 5.41) is 11.4. The number of carbonyl (C=O) groups is 1. The van der Waals surface area contributed by atoms with Crippen LogP contribution in [0.5, 0.6) is 5.75 Å². The van der Waals surface area contributed by atoms with E-state index in [1.807, 2.05) is 30.3 Å². The number of fused-ring (bicyclic) bond motifs is 1. The molecule has 4 heteroatoms. The van der Waals surface area contributed by atoms with Crippen molar-refractivity contribution in [3.63, 3.8) is 0 Å². The van der Waals surface area contributed by atoms with Gasteiger partial charge in [-0.1, -0.05) is 66.7 Å². The molecule has 0 bridgehead atoms. The number of carboxylic acids is 1. The van der Waals surface area contributed by atoms with Crippen molar-refractivity contribution in [3.8, 4) is 16.9 Å². The Labute approximate surface area is 175 Å². The average molecular weight is 397 g/mol. The molecular formula is C26H23NO3. The first-order valence-corrected chi connectivity index (χ1v) is 9.87. The number of nitrogens with two attached hydrogens (primary N) is 1. The zero-order chi connectivity index (χ0) is 20.9. The molecule has 0 aliphatic rings. The molecule has 0 atom stereocenters. The van der Waals surface area contributed by atoms with Gasteiger partial charge in [-0.25, -0.2) is 0 Å². The summed E-state index contributed by atoms with van der Waals surface area (Å²) in [5.41, 5.74) is 10.9. The Balaban J connectivity index is 1.60. The highest BCUT2D eigenvalue weighted by atomic mass is 16.5. The van der Waals surface area contributed by atoms with E-state index in [4.69, 9.17) is 15.6 Å². The first-order chi connectivity index (χ1) is 14.6. The van der Waals surface area contributed by atoms with E-state index in [2.05, 4.69) is 48.5 Å². The number of aliphatic carboxylic acids is 1. The second kappa shape index (κ2) is 8.80. The van der Waals surface area contributed by atoms with Crippen molar-refractivity contribution in [2.45, 2.75) is 19.6 Å². The normalized spacial score (nSPS) is 10.8. The highest BCUT2D eigenvalue weighted by molar-refractivity contribution is 5.97. The van der Waals surface area contributed by atoms with Crippen LogP contribution in [0.1, 0.15) is 16.7 Å². The third-order valence-electron chi connectivity index (χ3n) is 5.13. The maximum absolute atomic E-state index is 11.1. The summed E-state index contributed by atoms with van der Waals surface area (Å²) in [6.07, 6.45) is -0.0564. The molecule has 4 aromatic carbocycles. The second-order valence-electron chi connectivity index (χ2n) is 7.23. The number of hydrogen-bond acceptors (Lipinski definition) is 3. The zero-order valence-corrected chi connectivity index (χ0v) is 16.5. The van der Waals surface area contributed by atoms with Gasteiger partial charge in [0, 0.05) is 12.1 Å². The average Bonchev–Trinajstić information content (AvgIpc) is 2.77. The molecular weight excluding hydrogens is 374 g/mol. The van der Waals surface area contributed by atoms with Crippen molar-refractivity contribution in [2.75, 3.05) is 0 Å².